The Hall–Kier alpha value is -0.190. The number of hydrogen-bond donors (Lipinski definition) is 0. The Bertz CT molecular complexity index is 390. The molecule has 0 spiro atoms. The van der Waals surface area contributed by atoms with Gasteiger partial charge in [-0.25, -0.2) is 4.79 Å². The summed E-state index contributed by atoms with van der Waals surface area (Å²) in [5.74, 6) is 0.512. The second-order valence-electron chi connectivity index (χ2n) is 5.78. The normalized spacial score (nSPS) is 25.8. The van der Waals surface area contributed by atoms with Gasteiger partial charge in [-0.15, -0.1) is 0 Å². The van der Waals surface area contributed by atoms with Gasteiger partial charge in [0.15, 0.2) is 6.10 Å². The summed E-state index contributed by atoms with van der Waals surface area (Å²) in [6.07, 6.45) is -0.914. The van der Waals surface area contributed by atoms with Gasteiger partial charge >= 0.3 is 6.16 Å². The maximum atomic E-state index is 11.3. The molecule has 0 saturated heterocycles. The quantitative estimate of drug-likeness (QED) is 0.555. The van der Waals surface area contributed by atoms with Crippen molar-refractivity contribution in [1.29, 1.82) is 0 Å². The van der Waals surface area contributed by atoms with Crippen LogP contribution in [0.25, 0.3) is 0 Å². The first kappa shape index (κ1) is 17.9. The van der Waals surface area contributed by atoms with Crippen LogP contribution in [-0.4, -0.2) is 28.9 Å². The average molecular weight is 346 g/mol. The summed E-state index contributed by atoms with van der Waals surface area (Å²) >= 11 is 17.5. The highest BCUT2D eigenvalue weighted by atomic mass is 35.6. The highest BCUT2D eigenvalue weighted by Crippen LogP contribution is 2.63. The molecule has 0 aromatic carbocycles. The molecule has 0 bridgehead atoms. The lowest BCUT2D eigenvalue weighted by Crippen LogP contribution is -2.32. The van der Waals surface area contributed by atoms with Crippen molar-refractivity contribution >= 4 is 46.7 Å². The molecular weight excluding hydrogens is 326 g/mol. The van der Waals surface area contributed by atoms with Gasteiger partial charge in [0.05, 0.1) is 7.11 Å². The van der Waals surface area contributed by atoms with Crippen LogP contribution in [-0.2, 0) is 14.3 Å². The summed E-state index contributed by atoms with van der Waals surface area (Å²) in [4.78, 5) is 22.5. The SMILES string of the molecule is COC(=O)OC(CC1C(CC(C)=O)C1(C)C)C(Cl)(Cl)Cl. The number of alkyl halides is 3. The number of halogens is 3. The van der Waals surface area contributed by atoms with Crippen LogP contribution >= 0.6 is 34.8 Å². The number of Topliss-reactive ketones (excluding diaryl/α,β-unsaturated/α-hetero) is 1. The lowest BCUT2D eigenvalue weighted by Gasteiger charge is -2.24. The van der Waals surface area contributed by atoms with Crippen LogP contribution in [0.4, 0.5) is 4.79 Å². The highest BCUT2D eigenvalue weighted by molar-refractivity contribution is 6.68. The van der Waals surface area contributed by atoms with Gasteiger partial charge in [-0.3, -0.25) is 0 Å². The molecule has 1 aliphatic rings. The van der Waals surface area contributed by atoms with Crippen LogP contribution in [0, 0.1) is 17.3 Å². The summed E-state index contributed by atoms with van der Waals surface area (Å²) in [6, 6.07) is 0. The molecule has 116 valence electrons. The molecule has 3 atom stereocenters. The summed E-state index contributed by atoms with van der Waals surface area (Å²) in [7, 11) is 1.19. The summed E-state index contributed by atoms with van der Waals surface area (Å²) in [5, 5.41) is 0. The zero-order chi connectivity index (χ0) is 15.7. The minimum absolute atomic E-state index is 0.0285. The van der Waals surface area contributed by atoms with Crippen molar-refractivity contribution in [2.75, 3.05) is 7.11 Å². The predicted octanol–water partition coefficient (Wildman–Crippen LogP) is 4.15. The standard InChI is InChI=1S/C13H19Cl3O4/c1-7(17)5-8-9(12(8,2)3)6-10(13(14,15)16)20-11(18)19-4/h8-10H,5-6H2,1-4H3. The Kier molecular flexibility index (Phi) is 5.61. The van der Waals surface area contributed by atoms with Crippen molar-refractivity contribution in [2.45, 2.75) is 43.5 Å². The summed E-state index contributed by atoms with van der Waals surface area (Å²) in [6.45, 7) is 5.67. The van der Waals surface area contributed by atoms with Crippen molar-refractivity contribution < 1.29 is 19.1 Å². The van der Waals surface area contributed by atoms with Gasteiger partial charge in [-0.2, -0.15) is 0 Å². The Balaban J connectivity index is 2.72. The van der Waals surface area contributed by atoms with Crippen molar-refractivity contribution in [3.05, 3.63) is 0 Å². The molecular formula is C13H19Cl3O4. The number of carbonyl (C=O) groups is 2. The molecule has 0 radical (unpaired) electrons. The monoisotopic (exact) mass is 344 g/mol. The first-order valence-electron chi connectivity index (χ1n) is 6.31. The molecule has 1 saturated carbocycles. The van der Waals surface area contributed by atoms with Gasteiger partial charge < -0.3 is 14.3 Å². The highest BCUT2D eigenvalue weighted by Gasteiger charge is 2.59. The van der Waals surface area contributed by atoms with Crippen LogP contribution < -0.4 is 0 Å². The molecule has 0 N–H and O–H groups in total. The van der Waals surface area contributed by atoms with Gasteiger partial charge in [-0.1, -0.05) is 48.7 Å². The number of ketones is 1. The second-order valence-corrected chi connectivity index (χ2v) is 8.15. The van der Waals surface area contributed by atoms with Crippen LogP contribution in [0.15, 0.2) is 0 Å². The fraction of sp³-hybridized carbons (Fsp3) is 0.846. The first-order valence-corrected chi connectivity index (χ1v) is 7.44. The van der Waals surface area contributed by atoms with E-state index < -0.39 is 16.1 Å². The van der Waals surface area contributed by atoms with Crippen molar-refractivity contribution in [2.24, 2.45) is 17.3 Å². The van der Waals surface area contributed by atoms with E-state index in [4.69, 9.17) is 39.5 Å². The van der Waals surface area contributed by atoms with Crippen molar-refractivity contribution in [1.82, 2.24) is 0 Å². The van der Waals surface area contributed by atoms with Crippen LogP contribution in [0.1, 0.15) is 33.6 Å². The minimum Gasteiger partial charge on any atom is -0.438 e. The smallest absolute Gasteiger partial charge is 0.438 e. The number of ether oxygens (including phenoxy) is 2. The Morgan fingerprint density at radius 3 is 2.20 bits per heavy atom. The lowest BCUT2D eigenvalue weighted by atomic mass is 10.0. The number of rotatable bonds is 5. The third kappa shape index (κ3) is 4.40. The third-order valence-electron chi connectivity index (χ3n) is 4.03. The average Bonchev–Trinajstić information content (AvgIpc) is 2.77. The molecule has 0 heterocycles. The van der Waals surface area contributed by atoms with E-state index in [9.17, 15) is 9.59 Å². The maximum Gasteiger partial charge on any atom is 0.508 e. The number of carbonyl (C=O) groups excluding carboxylic acids is 2. The Morgan fingerprint density at radius 2 is 1.80 bits per heavy atom. The van der Waals surface area contributed by atoms with Crippen molar-refractivity contribution in [3.8, 4) is 0 Å². The number of methoxy groups -OCH3 is 1. The summed E-state index contributed by atoms with van der Waals surface area (Å²) < 4.78 is 7.72. The predicted molar refractivity (Wildman–Crippen MR) is 78.2 cm³/mol. The van der Waals surface area contributed by atoms with E-state index in [1.54, 1.807) is 6.92 Å². The fourth-order valence-corrected chi connectivity index (χ4v) is 3.08. The first-order chi connectivity index (χ1) is 9.00. The molecule has 4 nitrogen and oxygen atoms in total. The fourth-order valence-electron chi connectivity index (χ4n) is 2.68. The Morgan fingerprint density at radius 1 is 1.25 bits per heavy atom. The van der Waals surface area contributed by atoms with E-state index in [0.29, 0.717) is 12.8 Å². The zero-order valence-electron chi connectivity index (χ0n) is 11.9. The summed E-state index contributed by atoms with van der Waals surface area (Å²) in [5.41, 5.74) is -0.0285. The molecule has 1 fully saturated rings. The van der Waals surface area contributed by atoms with E-state index in [1.165, 1.54) is 7.11 Å². The molecule has 1 aliphatic carbocycles. The molecule has 20 heavy (non-hydrogen) atoms. The van der Waals surface area contributed by atoms with Gasteiger partial charge in [0.25, 0.3) is 0 Å². The third-order valence-corrected chi connectivity index (χ3v) is 4.76. The van der Waals surface area contributed by atoms with E-state index in [1.807, 2.05) is 0 Å². The van der Waals surface area contributed by atoms with E-state index in [2.05, 4.69) is 18.6 Å². The van der Waals surface area contributed by atoms with E-state index >= 15 is 0 Å². The minimum atomic E-state index is -1.73. The second kappa shape index (κ2) is 6.29. The molecule has 1 rings (SSSR count). The molecule has 0 amide bonds. The lowest BCUT2D eigenvalue weighted by molar-refractivity contribution is -0.117. The van der Waals surface area contributed by atoms with Gasteiger partial charge in [0.2, 0.25) is 3.79 Å². The van der Waals surface area contributed by atoms with E-state index in [-0.39, 0.29) is 23.0 Å². The van der Waals surface area contributed by atoms with E-state index in [0.717, 1.165) is 0 Å². The Labute approximate surface area is 134 Å². The van der Waals surface area contributed by atoms with Gasteiger partial charge in [0, 0.05) is 6.42 Å². The molecule has 0 aliphatic heterocycles. The zero-order valence-corrected chi connectivity index (χ0v) is 14.2. The topological polar surface area (TPSA) is 52.6 Å². The van der Waals surface area contributed by atoms with Gasteiger partial charge in [-0.05, 0) is 30.6 Å². The van der Waals surface area contributed by atoms with Crippen LogP contribution in [0.5, 0.6) is 0 Å². The number of hydrogen-bond acceptors (Lipinski definition) is 4. The largest absolute Gasteiger partial charge is 0.508 e. The molecule has 3 unspecified atom stereocenters. The van der Waals surface area contributed by atoms with Crippen LogP contribution in [0.2, 0.25) is 0 Å². The van der Waals surface area contributed by atoms with Crippen LogP contribution in [0.3, 0.4) is 0 Å². The molecule has 0 aromatic rings. The molecule has 7 heteroatoms. The van der Waals surface area contributed by atoms with Gasteiger partial charge in [0.1, 0.15) is 5.78 Å². The molecule has 0 aromatic heterocycles. The van der Waals surface area contributed by atoms with Crippen molar-refractivity contribution in [3.63, 3.8) is 0 Å². The maximum absolute atomic E-state index is 11.3.